The lowest BCUT2D eigenvalue weighted by molar-refractivity contribution is -0.132. The molecule has 0 N–H and O–H groups in total. The smallest absolute Gasteiger partial charge is 0.265 e. The molecule has 1 atom stereocenters. The van der Waals surface area contributed by atoms with Gasteiger partial charge in [0.25, 0.3) is 11.8 Å². The molecule has 6 heteroatoms. The molecule has 1 aromatic carbocycles. The Balaban J connectivity index is 2.06. The number of likely N-dealkylation sites (N-methyl/N-ethyl adjacent to an activating group) is 2. The van der Waals surface area contributed by atoms with Gasteiger partial charge in [0.2, 0.25) is 0 Å². The third-order valence-electron chi connectivity index (χ3n) is 5.77. The minimum atomic E-state index is -0.358. The molecule has 0 aromatic heterocycles. The molecular formula is C22H29N3O2S. The highest BCUT2D eigenvalue weighted by molar-refractivity contribution is 7.80. The topological polar surface area (TPSA) is 43.9 Å². The molecule has 0 unspecified atom stereocenters. The normalized spacial score (nSPS) is 22.1. The van der Waals surface area contributed by atoms with Gasteiger partial charge < -0.3 is 4.90 Å². The van der Waals surface area contributed by atoms with Crippen molar-refractivity contribution in [2.24, 2.45) is 0 Å². The van der Waals surface area contributed by atoms with E-state index in [1.54, 1.807) is 20.2 Å². The van der Waals surface area contributed by atoms with Gasteiger partial charge in [0, 0.05) is 31.4 Å². The van der Waals surface area contributed by atoms with Crippen molar-refractivity contribution in [1.82, 2.24) is 9.80 Å². The molecule has 0 radical (unpaired) electrons. The molecule has 0 spiro atoms. The fourth-order valence-electron chi connectivity index (χ4n) is 4.68. The quantitative estimate of drug-likeness (QED) is 0.431. The summed E-state index contributed by atoms with van der Waals surface area (Å²) in [6.45, 7) is 11.2. The largest absolute Gasteiger partial charge is 0.364 e. The second-order valence-corrected chi connectivity index (χ2v) is 9.13. The van der Waals surface area contributed by atoms with Gasteiger partial charge in [-0.15, -0.1) is 0 Å². The number of thiocarbonyl (C=S) groups is 1. The van der Waals surface area contributed by atoms with E-state index < -0.39 is 0 Å². The molecule has 1 aromatic rings. The standard InChI is InChI=1S/C22H29N3O2S/c1-13(2)25-18-9-8-15(10-16(18)14(3)12-22(25,4)5)11-17-19(26)23(6)21(28)24(7)20(17)27/h8-11,13-14H,12H2,1-7H3/t14-/m0/s1. The van der Waals surface area contributed by atoms with Crippen LogP contribution >= 0.6 is 12.2 Å². The molecule has 150 valence electrons. The molecule has 3 rings (SSSR count). The summed E-state index contributed by atoms with van der Waals surface area (Å²) >= 11 is 5.15. The number of hydrogen-bond donors (Lipinski definition) is 0. The van der Waals surface area contributed by atoms with Gasteiger partial charge in [-0.2, -0.15) is 0 Å². The predicted octanol–water partition coefficient (Wildman–Crippen LogP) is 3.79. The van der Waals surface area contributed by atoms with E-state index in [1.807, 2.05) is 6.07 Å². The lowest BCUT2D eigenvalue weighted by Gasteiger charge is -2.50. The summed E-state index contributed by atoms with van der Waals surface area (Å²) in [5, 5.41) is 0.223. The van der Waals surface area contributed by atoms with Crippen LogP contribution in [0.15, 0.2) is 23.8 Å². The predicted molar refractivity (Wildman–Crippen MR) is 117 cm³/mol. The fourth-order valence-corrected chi connectivity index (χ4v) is 4.85. The van der Waals surface area contributed by atoms with Gasteiger partial charge in [-0.3, -0.25) is 19.4 Å². The second-order valence-electron chi connectivity index (χ2n) is 8.77. The number of benzene rings is 1. The summed E-state index contributed by atoms with van der Waals surface area (Å²) in [6.07, 6.45) is 2.74. The van der Waals surface area contributed by atoms with Gasteiger partial charge in [0.05, 0.1) is 0 Å². The van der Waals surface area contributed by atoms with Crippen LogP contribution in [0.4, 0.5) is 5.69 Å². The molecule has 1 fully saturated rings. The van der Waals surface area contributed by atoms with Crippen molar-refractivity contribution in [3.8, 4) is 0 Å². The van der Waals surface area contributed by atoms with Crippen LogP contribution in [-0.2, 0) is 9.59 Å². The minimum Gasteiger partial charge on any atom is -0.364 e. The van der Waals surface area contributed by atoms with Crippen molar-refractivity contribution in [3.63, 3.8) is 0 Å². The van der Waals surface area contributed by atoms with Crippen molar-refractivity contribution in [2.45, 2.75) is 58.5 Å². The zero-order valence-corrected chi connectivity index (χ0v) is 18.6. The lowest BCUT2D eigenvalue weighted by Crippen LogP contribution is -2.52. The number of anilines is 1. The molecule has 2 aliphatic rings. The van der Waals surface area contributed by atoms with Crippen LogP contribution in [0.5, 0.6) is 0 Å². The molecule has 2 heterocycles. The maximum Gasteiger partial charge on any atom is 0.265 e. The average molecular weight is 400 g/mol. The molecule has 2 amide bonds. The van der Waals surface area contributed by atoms with E-state index >= 15 is 0 Å². The summed E-state index contributed by atoms with van der Waals surface area (Å²) in [7, 11) is 3.19. The molecule has 1 saturated heterocycles. The maximum absolute atomic E-state index is 12.6. The summed E-state index contributed by atoms with van der Waals surface area (Å²) in [4.78, 5) is 30.3. The van der Waals surface area contributed by atoms with Gasteiger partial charge >= 0.3 is 0 Å². The molecule has 0 aliphatic carbocycles. The summed E-state index contributed by atoms with van der Waals surface area (Å²) in [5.41, 5.74) is 3.58. The SMILES string of the molecule is CC(C)N1c2ccc(C=C3C(=O)N(C)C(=S)N(C)C3=O)cc2[C@@H](C)CC1(C)C. The van der Waals surface area contributed by atoms with Crippen LogP contribution in [0.25, 0.3) is 6.08 Å². The van der Waals surface area contributed by atoms with Crippen LogP contribution in [0.3, 0.4) is 0 Å². The average Bonchev–Trinajstić information content (AvgIpc) is 2.61. The maximum atomic E-state index is 12.6. The summed E-state index contributed by atoms with van der Waals surface area (Å²) < 4.78 is 0. The van der Waals surface area contributed by atoms with E-state index in [0.29, 0.717) is 12.0 Å². The fraction of sp³-hybridized carbons (Fsp3) is 0.500. The first kappa shape index (κ1) is 20.5. The van der Waals surface area contributed by atoms with Crippen LogP contribution in [0, 0.1) is 0 Å². The van der Waals surface area contributed by atoms with Crippen molar-refractivity contribution in [3.05, 3.63) is 34.9 Å². The number of carbonyl (C=O) groups excluding carboxylic acids is 2. The Morgan fingerprint density at radius 2 is 1.71 bits per heavy atom. The number of amides is 2. The van der Waals surface area contributed by atoms with E-state index in [-0.39, 0.29) is 28.0 Å². The van der Waals surface area contributed by atoms with Gasteiger partial charge in [0.1, 0.15) is 5.57 Å². The monoisotopic (exact) mass is 399 g/mol. The molecule has 0 bridgehead atoms. The Kier molecular flexibility index (Phi) is 5.13. The Morgan fingerprint density at radius 3 is 2.25 bits per heavy atom. The van der Waals surface area contributed by atoms with Crippen molar-refractivity contribution < 1.29 is 9.59 Å². The molecular weight excluding hydrogens is 370 g/mol. The molecule has 28 heavy (non-hydrogen) atoms. The number of hydrogen-bond acceptors (Lipinski definition) is 4. The Bertz CT molecular complexity index is 862. The van der Waals surface area contributed by atoms with E-state index in [9.17, 15) is 9.59 Å². The van der Waals surface area contributed by atoms with Gasteiger partial charge in [0.15, 0.2) is 5.11 Å². The van der Waals surface area contributed by atoms with Gasteiger partial charge in [-0.25, -0.2) is 0 Å². The second kappa shape index (κ2) is 6.99. The Labute approximate surface area is 173 Å². The van der Waals surface area contributed by atoms with Crippen molar-refractivity contribution in [2.75, 3.05) is 19.0 Å². The van der Waals surface area contributed by atoms with Crippen LogP contribution in [0.2, 0.25) is 0 Å². The number of nitrogens with zero attached hydrogens (tertiary/aromatic N) is 3. The Hall–Kier alpha value is -2.21. The highest BCUT2D eigenvalue weighted by atomic mass is 32.1. The van der Waals surface area contributed by atoms with Gasteiger partial charge in [-0.05, 0) is 81.6 Å². The molecule has 5 nitrogen and oxygen atoms in total. The van der Waals surface area contributed by atoms with Crippen LogP contribution in [-0.4, -0.2) is 52.4 Å². The van der Waals surface area contributed by atoms with E-state index in [1.165, 1.54) is 21.1 Å². The highest BCUT2D eigenvalue weighted by Crippen LogP contribution is 2.44. The zero-order valence-electron chi connectivity index (χ0n) is 17.7. The first-order valence-corrected chi connectivity index (χ1v) is 10.1. The summed E-state index contributed by atoms with van der Waals surface area (Å²) in [6, 6.07) is 6.61. The van der Waals surface area contributed by atoms with Crippen molar-refractivity contribution in [1.29, 1.82) is 0 Å². The highest BCUT2D eigenvalue weighted by Gasteiger charge is 2.38. The van der Waals surface area contributed by atoms with Crippen molar-refractivity contribution >= 4 is 40.9 Å². The van der Waals surface area contributed by atoms with E-state index in [0.717, 1.165) is 12.0 Å². The number of carbonyl (C=O) groups is 2. The Morgan fingerprint density at radius 1 is 1.14 bits per heavy atom. The lowest BCUT2D eigenvalue weighted by atomic mass is 9.78. The first-order valence-electron chi connectivity index (χ1n) is 9.70. The zero-order chi connectivity index (χ0) is 21.0. The molecule has 0 saturated carbocycles. The van der Waals surface area contributed by atoms with Crippen LogP contribution in [0.1, 0.15) is 58.1 Å². The van der Waals surface area contributed by atoms with E-state index in [2.05, 4.69) is 51.7 Å². The third-order valence-corrected chi connectivity index (χ3v) is 6.32. The minimum absolute atomic E-state index is 0.0803. The third kappa shape index (κ3) is 3.24. The van der Waals surface area contributed by atoms with Gasteiger partial charge in [-0.1, -0.05) is 13.0 Å². The van der Waals surface area contributed by atoms with Crippen LogP contribution < -0.4 is 4.90 Å². The van der Waals surface area contributed by atoms with E-state index in [4.69, 9.17) is 12.2 Å². The molecule has 2 aliphatic heterocycles. The number of fused-ring (bicyclic) bond motifs is 1. The summed E-state index contributed by atoms with van der Waals surface area (Å²) in [5.74, 6) is -0.318. The first-order chi connectivity index (χ1) is 13.0. The number of rotatable bonds is 2.